The molecule has 1 spiro atoms. The predicted molar refractivity (Wildman–Crippen MR) is 97.9 cm³/mol. The van der Waals surface area contributed by atoms with E-state index in [0.717, 1.165) is 24.1 Å². The standard InChI is InChI=1S/C19H19FINO/c1-11(2)18(12-3-6-14(21)7-4-12)10-19(18)15-9-13(20)5-8-16(15)22-17(19)23/h3,5-9,11-12H,4,10H2,1-2H3,(H,22,23)/t12?,18-,19-/m1/s1. The lowest BCUT2D eigenvalue weighted by atomic mass is 9.70. The van der Waals surface area contributed by atoms with Crippen molar-refractivity contribution in [1.29, 1.82) is 0 Å². The molecule has 1 aromatic carbocycles. The first-order valence-electron chi connectivity index (χ1n) is 8.07. The second-order valence-corrected chi connectivity index (χ2v) is 8.46. The van der Waals surface area contributed by atoms with E-state index in [4.69, 9.17) is 0 Å². The van der Waals surface area contributed by atoms with Crippen LogP contribution in [0, 0.1) is 23.1 Å². The van der Waals surface area contributed by atoms with Gasteiger partial charge < -0.3 is 5.32 Å². The molecule has 1 aromatic rings. The van der Waals surface area contributed by atoms with Crippen molar-refractivity contribution in [2.45, 2.75) is 32.1 Å². The largest absolute Gasteiger partial charge is 0.325 e. The Hall–Kier alpha value is -1.17. The van der Waals surface area contributed by atoms with Crippen molar-refractivity contribution >= 4 is 34.2 Å². The number of carbonyl (C=O) groups is 1. The van der Waals surface area contributed by atoms with Gasteiger partial charge in [0.25, 0.3) is 0 Å². The minimum atomic E-state index is -0.565. The molecule has 0 bridgehead atoms. The molecule has 0 saturated heterocycles. The van der Waals surface area contributed by atoms with Gasteiger partial charge >= 0.3 is 0 Å². The third-order valence-corrected chi connectivity index (χ3v) is 6.85. The number of anilines is 1. The number of nitrogens with one attached hydrogen (secondary N) is 1. The van der Waals surface area contributed by atoms with E-state index in [1.807, 2.05) is 0 Å². The summed E-state index contributed by atoms with van der Waals surface area (Å²) in [5, 5.41) is 2.99. The molecular weight excluding hydrogens is 404 g/mol. The third-order valence-electron chi connectivity index (χ3n) is 6.05. The Labute approximate surface area is 149 Å². The molecule has 0 radical (unpaired) electrons. The van der Waals surface area contributed by atoms with E-state index in [2.05, 4.69) is 60.0 Å². The van der Waals surface area contributed by atoms with Crippen LogP contribution in [-0.2, 0) is 10.2 Å². The van der Waals surface area contributed by atoms with Gasteiger partial charge in [0.05, 0.1) is 5.41 Å². The van der Waals surface area contributed by atoms with E-state index in [9.17, 15) is 9.18 Å². The molecule has 4 heteroatoms. The zero-order chi connectivity index (χ0) is 16.4. The lowest BCUT2D eigenvalue weighted by molar-refractivity contribution is -0.119. The van der Waals surface area contributed by atoms with E-state index >= 15 is 0 Å². The monoisotopic (exact) mass is 423 g/mol. The second kappa shape index (κ2) is 4.91. The first-order valence-corrected chi connectivity index (χ1v) is 9.15. The van der Waals surface area contributed by atoms with Crippen molar-refractivity contribution in [2.75, 3.05) is 5.32 Å². The highest BCUT2D eigenvalue weighted by Gasteiger charge is 2.77. The Morgan fingerprint density at radius 3 is 2.83 bits per heavy atom. The highest BCUT2D eigenvalue weighted by molar-refractivity contribution is 14.1. The SMILES string of the molecule is CC(C)[C@@]1(C2C=CC(I)=CC2)C[C@@]12C(=O)Nc1ccc(F)cc12. The Balaban J connectivity index is 1.83. The number of hydrogen-bond donors (Lipinski definition) is 1. The molecule has 23 heavy (non-hydrogen) atoms. The number of hydrogen-bond acceptors (Lipinski definition) is 1. The summed E-state index contributed by atoms with van der Waals surface area (Å²) in [4.78, 5) is 12.9. The number of benzene rings is 1. The molecule has 2 nitrogen and oxygen atoms in total. The van der Waals surface area contributed by atoms with Gasteiger partial charge in [-0.25, -0.2) is 4.39 Å². The summed E-state index contributed by atoms with van der Waals surface area (Å²) < 4.78 is 15.1. The van der Waals surface area contributed by atoms with E-state index in [1.54, 1.807) is 12.1 Å². The molecule has 1 N–H and O–H groups in total. The maximum Gasteiger partial charge on any atom is 0.235 e. The van der Waals surface area contributed by atoms with Gasteiger partial charge in [-0.2, -0.15) is 0 Å². The Bertz CT molecular complexity index is 769. The van der Waals surface area contributed by atoms with Gasteiger partial charge in [0.15, 0.2) is 0 Å². The number of halogens is 2. The summed E-state index contributed by atoms with van der Waals surface area (Å²) in [6.07, 6.45) is 8.39. The zero-order valence-corrected chi connectivity index (χ0v) is 15.4. The number of amides is 1. The highest BCUT2D eigenvalue weighted by atomic mass is 127. The fraction of sp³-hybridized carbons (Fsp3) is 0.421. The third kappa shape index (κ3) is 1.87. The first kappa shape index (κ1) is 15.4. The number of carbonyl (C=O) groups excluding carboxylic acids is 1. The van der Waals surface area contributed by atoms with Crippen molar-refractivity contribution in [3.8, 4) is 0 Å². The van der Waals surface area contributed by atoms with Gasteiger partial charge in [-0.1, -0.05) is 32.1 Å². The molecule has 1 aliphatic heterocycles. The summed E-state index contributed by atoms with van der Waals surface area (Å²) in [5.74, 6) is 0.449. The molecule has 0 aromatic heterocycles. The smallest absolute Gasteiger partial charge is 0.235 e. The lowest BCUT2D eigenvalue weighted by Crippen LogP contribution is -2.35. The van der Waals surface area contributed by atoms with Crippen LogP contribution in [0.3, 0.4) is 0 Å². The zero-order valence-electron chi connectivity index (χ0n) is 13.2. The lowest BCUT2D eigenvalue weighted by Gasteiger charge is -2.33. The van der Waals surface area contributed by atoms with Crippen molar-refractivity contribution in [2.24, 2.45) is 17.3 Å². The average molecular weight is 423 g/mol. The van der Waals surface area contributed by atoms with Gasteiger partial charge in [0.2, 0.25) is 5.91 Å². The highest BCUT2D eigenvalue weighted by Crippen LogP contribution is 2.75. The molecule has 1 amide bonds. The van der Waals surface area contributed by atoms with Gasteiger partial charge in [-0.05, 0) is 76.4 Å². The molecule has 3 aliphatic rings. The van der Waals surface area contributed by atoms with Crippen LogP contribution in [0.15, 0.2) is 40.0 Å². The predicted octanol–water partition coefficient (Wildman–Crippen LogP) is 4.96. The minimum absolute atomic E-state index is 0.0458. The fourth-order valence-corrected chi connectivity index (χ4v) is 5.37. The quantitative estimate of drug-likeness (QED) is 0.670. The van der Waals surface area contributed by atoms with Crippen LogP contribution >= 0.6 is 22.6 Å². The van der Waals surface area contributed by atoms with Crippen LogP contribution in [0.2, 0.25) is 0 Å². The van der Waals surface area contributed by atoms with Crippen LogP contribution in [0.5, 0.6) is 0 Å². The molecule has 1 unspecified atom stereocenters. The van der Waals surface area contributed by atoms with Crippen LogP contribution in [0.1, 0.15) is 32.3 Å². The fourth-order valence-electron chi connectivity index (χ4n) is 4.91. The Morgan fingerprint density at radius 1 is 1.39 bits per heavy atom. The normalized spacial score (nSPS) is 34.6. The first-order chi connectivity index (χ1) is 10.9. The molecular formula is C19H19FINO. The molecule has 1 heterocycles. The number of rotatable bonds is 2. The maximum absolute atomic E-state index is 13.8. The van der Waals surface area contributed by atoms with Gasteiger partial charge in [0, 0.05) is 9.27 Å². The van der Waals surface area contributed by atoms with Crippen LogP contribution < -0.4 is 5.32 Å². The van der Waals surface area contributed by atoms with Crippen molar-refractivity contribution in [1.82, 2.24) is 0 Å². The van der Waals surface area contributed by atoms with Crippen molar-refractivity contribution in [3.05, 3.63) is 51.4 Å². The van der Waals surface area contributed by atoms with Crippen molar-refractivity contribution in [3.63, 3.8) is 0 Å². The molecule has 120 valence electrons. The molecule has 1 fully saturated rings. The van der Waals surface area contributed by atoms with E-state index in [1.165, 1.54) is 9.65 Å². The van der Waals surface area contributed by atoms with Gasteiger partial charge in [0.1, 0.15) is 5.82 Å². The van der Waals surface area contributed by atoms with E-state index in [-0.39, 0.29) is 17.1 Å². The second-order valence-electron chi connectivity index (χ2n) is 7.21. The molecule has 2 aliphatic carbocycles. The summed E-state index contributed by atoms with van der Waals surface area (Å²) in [5.41, 5.74) is 0.947. The van der Waals surface area contributed by atoms with Crippen LogP contribution in [0.4, 0.5) is 10.1 Å². The van der Waals surface area contributed by atoms with Gasteiger partial charge in [-0.3, -0.25) is 4.79 Å². The van der Waals surface area contributed by atoms with E-state index < -0.39 is 5.41 Å². The number of fused-ring (bicyclic) bond motifs is 2. The summed E-state index contributed by atoms with van der Waals surface area (Å²) in [6.45, 7) is 4.38. The van der Waals surface area contributed by atoms with Crippen LogP contribution in [-0.4, -0.2) is 5.91 Å². The molecule has 1 saturated carbocycles. The average Bonchev–Trinajstić information content (AvgIpc) is 3.15. The van der Waals surface area contributed by atoms with Gasteiger partial charge in [-0.15, -0.1) is 0 Å². The Morgan fingerprint density at radius 2 is 2.17 bits per heavy atom. The van der Waals surface area contributed by atoms with Crippen LogP contribution in [0.25, 0.3) is 0 Å². The summed E-state index contributed by atoms with van der Waals surface area (Å²) >= 11 is 2.33. The maximum atomic E-state index is 13.8. The topological polar surface area (TPSA) is 29.1 Å². The minimum Gasteiger partial charge on any atom is -0.325 e. The number of allylic oxidation sites excluding steroid dienone is 4. The molecule has 4 rings (SSSR count). The van der Waals surface area contributed by atoms with Crippen molar-refractivity contribution < 1.29 is 9.18 Å². The molecule has 3 atom stereocenters. The summed E-state index contributed by atoms with van der Waals surface area (Å²) in [7, 11) is 0. The Kier molecular flexibility index (Phi) is 3.28. The van der Waals surface area contributed by atoms with E-state index in [0.29, 0.717) is 11.8 Å². The summed E-state index contributed by atoms with van der Waals surface area (Å²) in [6, 6.07) is 4.67.